The minimum Gasteiger partial charge on any atom is -0.394 e. The number of aromatic nitrogens is 6. The lowest BCUT2D eigenvalue weighted by Gasteiger charge is -2.11. The molecule has 0 unspecified atom stereocenters. The molecule has 0 fully saturated rings. The molecular formula is C21H20FN7O2. The molecule has 0 atom stereocenters. The second-order valence-corrected chi connectivity index (χ2v) is 6.90. The van der Waals surface area contributed by atoms with E-state index in [-0.39, 0.29) is 18.8 Å². The molecule has 9 nitrogen and oxygen atoms in total. The summed E-state index contributed by atoms with van der Waals surface area (Å²) in [6.07, 6.45) is 10.7. The maximum Gasteiger partial charge on any atom is 0.214 e. The van der Waals surface area contributed by atoms with Gasteiger partial charge in [0.25, 0.3) is 0 Å². The standard InChI is InChI=1S/C21H20FN7O2/c1-15-3-2-5-23-19(15)4-6-27(14-31)13-20-25-26-21-18(22)9-16(12-29(20)21)17-10-24-28(11-17)7-8-30/h2-6,9-12,14,30H,7-8,13H2,1H3/b6-4-. The van der Waals surface area contributed by atoms with Crippen LogP contribution >= 0.6 is 0 Å². The number of rotatable bonds is 8. The first-order chi connectivity index (χ1) is 15.1. The average molecular weight is 421 g/mol. The summed E-state index contributed by atoms with van der Waals surface area (Å²) in [6, 6.07) is 5.12. The number of carbonyl (C=O) groups excluding carboxylic acids is 1. The van der Waals surface area contributed by atoms with Crippen molar-refractivity contribution in [2.45, 2.75) is 20.0 Å². The van der Waals surface area contributed by atoms with Gasteiger partial charge >= 0.3 is 0 Å². The molecule has 4 aromatic heterocycles. The molecule has 31 heavy (non-hydrogen) atoms. The minimum atomic E-state index is -0.538. The fourth-order valence-corrected chi connectivity index (χ4v) is 3.13. The Morgan fingerprint density at radius 2 is 2.13 bits per heavy atom. The molecule has 0 saturated heterocycles. The summed E-state index contributed by atoms with van der Waals surface area (Å²) >= 11 is 0. The number of aryl methyl sites for hydroxylation is 1. The van der Waals surface area contributed by atoms with Crippen LogP contribution in [0.25, 0.3) is 22.9 Å². The first kappa shape index (κ1) is 20.4. The van der Waals surface area contributed by atoms with E-state index in [0.717, 1.165) is 11.3 Å². The van der Waals surface area contributed by atoms with Gasteiger partial charge < -0.3 is 10.0 Å². The molecule has 1 amide bonds. The number of nitrogens with zero attached hydrogens (tertiary/aromatic N) is 7. The number of fused-ring (bicyclic) bond motifs is 1. The molecule has 4 rings (SSSR count). The van der Waals surface area contributed by atoms with Gasteiger partial charge in [0.1, 0.15) is 0 Å². The van der Waals surface area contributed by atoms with Gasteiger partial charge in [-0.25, -0.2) is 4.39 Å². The predicted octanol–water partition coefficient (Wildman–Crippen LogP) is 2.06. The van der Waals surface area contributed by atoms with Crippen molar-refractivity contribution in [2.75, 3.05) is 6.61 Å². The van der Waals surface area contributed by atoms with Gasteiger partial charge in [-0.3, -0.25) is 18.9 Å². The third kappa shape index (κ3) is 4.33. The van der Waals surface area contributed by atoms with E-state index in [9.17, 15) is 9.18 Å². The van der Waals surface area contributed by atoms with E-state index in [1.54, 1.807) is 41.7 Å². The number of amides is 1. The zero-order chi connectivity index (χ0) is 21.8. The summed E-state index contributed by atoms with van der Waals surface area (Å²) in [7, 11) is 0. The van der Waals surface area contributed by atoms with Crippen LogP contribution in [-0.4, -0.2) is 52.4 Å². The van der Waals surface area contributed by atoms with Crippen molar-refractivity contribution in [3.63, 3.8) is 0 Å². The number of pyridine rings is 2. The minimum absolute atomic E-state index is 0.0445. The molecular weight excluding hydrogens is 401 g/mol. The molecule has 0 aliphatic carbocycles. The number of aliphatic hydroxyl groups excluding tert-OH is 1. The first-order valence-corrected chi connectivity index (χ1v) is 9.56. The highest BCUT2D eigenvalue weighted by Crippen LogP contribution is 2.22. The highest BCUT2D eigenvalue weighted by Gasteiger charge is 2.15. The van der Waals surface area contributed by atoms with Crippen molar-refractivity contribution < 1.29 is 14.3 Å². The number of hydrogen-bond donors (Lipinski definition) is 1. The van der Waals surface area contributed by atoms with Crippen molar-refractivity contribution in [3.8, 4) is 11.1 Å². The van der Waals surface area contributed by atoms with E-state index >= 15 is 0 Å². The van der Waals surface area contributed by atoms with Gasteiger partial charge in [0.2, 0.25) is 6.41 Å². The summed E-state index contributed by atoms with van der Waals surface area (Å²) in [4.78, 5) is 17.2. The van der Waals surface area contributed by atoms with E-state index in [1.165, 1.54) is 15.4 Å². The number of aliphatic hydroxyl groups is 1. The van der Waals surface area contributed by atoms with Gasteiger partial charge in [0, 0.05) is 35.9 Å². The van der Waals surface area contributed by atoms with Crippen LogP contribution in [0.5, 0.6) is 0 Å². The van der Waals surface area contributed by atoms with Crippen LogP contribution < -0.4 is 0 Å². The van der Waals surface area contributed by atoms with Gasteiger partial charge in [0.15, 0.2) is 17.3 Å². The second-order valence-electron chi connectivity index (χ2n) is 6.90. The molecule has 4 heterocycles. The monoisotopic (exact) mass is 421 g/mol. The van der Waals surface area contributed by atoms with Gasteiger partial charge in [0.05, 0.1) is 31.6 Å². The lowest BCUT2D eigenvalue weighted by molar-refractivity contribution is -0.116. The van der Waals surface area contributed by atoms with E-state index in [0.29, 0.717) is 29.9 Å². The second kappa shape index (κ2) is 8.84. The molecule has 0 aliphatic rings. The van der Waals surface area contributed by atoms with Crippen LogP contribution in [0.1, 0.15) is 17.1 Å². The molecule has 0 spiro atoms. The van der Waals surface area contributed by atoms with Crippen LogP contribution in [0.4, 0.5) is 4.39 Å². The Morgan fingerprint density at radius 1 is 1.26 bits per heavy atom. The molecule has 0 bridgehead atoms. The summed E-state index contributed by atoms with van der Waals surface area (Å²) in [6.45, 7) is 2.33. The summed E-state index contributed by atoms with van der Waals surface area (Å²) < 4.78 is 17.7. The Balaban J connectivity index is 1.63. The van der Waals surface area contributed by atoms with Crippen molar-refractivity contribution in [1.29, 1.82) is 0 Å². The average Bonchev–Trinajstić information content (AvgIpc) is 3.40. The van der Waals surface area contributed by atoms with Crippen LogP contribution in [-0.2, 0) is 17.9 Å². The predicted molar refractivity (Wildman–Crippen MR) is 111 cm³/mol. The lowest BCUT2D eigenvalue weighted by atomic mass is 10.1. The highest BCUT2D eigenvalue weighted by molar-refractivity contribution is 5.64. The summed E-state index contributed by atoms with van der Waals surface area (Å²) in [5.74, 6) is -0.142. The Hall–Kier alpha value is -3.92. The fourth-order valence-electron chi connectivity index (χ4n) is 3.13. The molecule has 158 valence electrons. The Kier molecular flexibility index (Phi) is 5.80. The first-order valence-electron chi connectivity index (χ1n) is 9.56. The largest absolute Gasteiger partial charge is 0.394 e. The zero-order valence-corrected chi connectivity index (χ0v) is 16.8. The van der Waals surface area contributed by atoms with E-state index < -0.39 is 5.82 Å². The van der Waals surface area contributed by atoms with Gasteiger partial charge in [-0.15, -0.1) is 10.2 Å². The third-order valence-electron chi connectivity index (χ3n) is 4.76. The SMILES string of the molecule is Cc1cccnc1/C=C\N(C=O)Cc1nnc2c(F)cc(-c3cnn(CCO)c3)cn12. The van der Waals surface area contributed by atoms with Crippen LogP contribution in [0.15, 0.2) is 49.2 Å². The van der Waals surface area contributed by atoms with Gasteiger partial charge in [-0.05, 0) is 30.7 Å². The summed E-state index contributed by atoms with van der Waals surface area (Å²) in [5.41, 5.74) is 3.05. The molecule has 10 heteroatoms. The van der Waals surface area contributed by atoms with Crippen molar-refractivity contribution in [2.24, 2.45) is 0 Å². The molecule has 0 saturated carbocycles. The molecule has 4 aromatic rings. The maximum absolute atomic E-state index is 14.6. The van der Waals surface area contributed by atoms with Crippen molar-refractivity contribution in [1.82, 2.24) is 34.3 Å². The fraction of sp³-hybridized carbons (Fsp3) is 0.190. The quantitative estimate of drug-likeness (QED) is 0.437. The molecule has 0 aromatic carbocycles. The van der Waals surface area contributed by atoms with Crippen LogP contribution in [0.3, 0.4) is 0 Å². The highest BCUT2D eigenvalue weighted by atomic mass is 19.1. The van der Waals surface area contributed by atoms with E-state index in [1.807, 2.05) is 19.1 Å². The van der Waals surface area contributed by atoms with E-state index in [2.05, 4.69) is 20.3 Å². The lowest BCUT2D eigenvalue weighted by Crippen LogP contribution is -2.16. The topological polar surface area (TPSA) is 101 Å². The van der Waals surface area contributed by atoms with Gasteiger partial charge in [-0.2, -0.15) is 5.10 Å². The number of carbonyl (C=O) groups is 1. The summed E-state index contributed by atoms with van der Waals surface area (Å²) in [5, 5.41) is 21.2. The smallest absolute Gasteiger partial charge is 0.214 e. The Morgan fingerprint density at radius 3 is 2.90 bits per heavy atom. The Labute approximate surface area is 177 Å². The molecule has 1 N–H and O–H groups in total. The van der Waals surface area contributed by atoms with Crippen molar-refractivity contribution >= 4 is 18.1 Å². The number of halogens is 1. The van der Waals surface area contributed by atoms with E-state index in [4.69, 9.17) is 5.11 Å². The van der Waals surface area contributed by atoms with Gasteiger partial charge in [-0.1, -0.05) is 6.07 Å². The van der Waals surface area contributed by atoms with Crippen LogP contribution in [0.2, 0.25) is 0 Å². The molecule has 0 radical (unpaired) electrons. The maximum atomic E-state index is 14.6. The third-order valence-corrected chi connectivity index (χ3v) is 4.76. The number of hydrogen-bond acceptors (Lipinski definition) is 6. The Bertz CT molecular complexity index is 1250. The molecule has 0 aliphatic heterocycles. The normalized spacial score (nSPS) is 11.5. The van der Waals surface area contributed by atoms with Crippen molar-refractivity contribution in [3.05, 3.63) is 72.1 Å². The zero-order valence-electron chi connectivity index (χ0n) is 16.8. The van der Waals surface area contributed by atoms with Crippen LogP contribution in [0, 0.1) is 12.7 Å².